The van der Waals surface area contributed by atoms with E-state index in [1.165, 1.54) is 10.6 Å². The fourth-order valence-corrected chi connectivity index (χ4v) is 3.32. The lowest BCUT2D eigenvalue weighted by Gasteiger charge is -2.32. The Kier molecular flexibility index (Phi) is 3.60. The van der Waals surface area contributed by atoms with Gasteiger partial charge in [-0.2, -0.15) is 4.31 Å². The number of fused-ring (bicyclic) bond motifs is 1. The van der Waals surface area contributed by atoms with Gasteiger partial charge in [-0.25, -0.2) is 13.4 Å². The number of nitrogen functional groups attached to an aromatic ring is 1. The van der Waals surface area contributed by atoms with Gasteiger partial charge < -0.3 is 10.2 Å². The van der Waals surface area contributed by atoms with Gasteiger partial charge in [0.15, 0.2) is 5.58 Å². The summed E-state index contributed by atoms with van der Waals surface area (Å²) in [6.45, 7) is 2.90. The maximum absolute atomic E-state index is 11.5. The molecule has 0 amide bonds. The summed E-state index contributed by atoms with van der Waals surface area (Å²) in [4.78, 5) is 6.54. The number of oxazole rings is 1. The maximum Gasteiger partial charge on any atom is 0.211 e. The van der Waals surface area contributed by atoms with Crippen molar-refractivity contribution in [3.63, 3.8) is 0 Å². The van der Waals surface area contributed by atoms with E-state index in [2.05, 4.69) is 9.88 Å². The average Bonchev–Trinajstić information content (AvgIpc) is 2.82. The van der Waals surface area contributed by atoms with Crippen LogP contribution in [0.4, 0.5) is 5.69 Å². The van der Waals surface area contributed by atoms with Crippen LogP contribution in [0, 0.1) is 0 Å². The van der Waals surface area contributed by atoms with E-state index in [1.54, 1.807) is 6.07 Å². The second-order valence-electron chi connectivity index (χ2n) is 5.24. The number of benzene rings is 1. The number of hydrogen-bond acceptors (Lipinski definition) is 6. The maximum atomic E-state index is 11.5. The molecule has 114 valence electrons. The molecule has 3 rings (SSSR count). The quantitative estimate of drug-likeness (QED) is 0.829. The summed E-state index contributed by atoms with van der Waals surface area (Å²) in [6, 6.07) is 5.46. The molecule has 2 heterocycles. The zero-order valence-corrected chi connectivity index (χ0v) is 12.6. The molecule has 0 unspecified atom stereocenters. The Bertz CT molecular complexity index is 748. The molecule has 2 aromatic rings. The highest BCUT2D eigenvalue weighted by molar-refractivity contribution is 7.88. The van der Waals surface area contributed by atoms with Crippen molar-refractivity contribution >= 4 is 26.8 Å². The van der Waals surface area contributed by atoms with E-state index in [9.17, 15) is 8.42 Å². The van der Waals surface area contributed by atoms with E-state index in [-0.39, 0.29) is 0 Å². The molecule has 0 spiro atoms. The van der Waals surface area contributed by atoms with Crippen LogP contribution in [0.1, 0.15) is 5.89 Å². The SMILES string of the molecule is CS(=O)(=O)N1CCN(Cc2nc3c(N)cccc3o2)CC1. The topological polar surface area (TPSA) is 92.7 Å². The molecule has 0 saturated carbocycles. The molecule has 7 nitrogen and oxygen atoms in total. The smallest absolute Gasteiger partial charge is 0.211 e. The zero-order chi connectivity index (χ0) is 15.0. The number of nitrogens with zero attached hydrogens (tertiary/aromatic N) is 3. The van der Waals surface area contributed by atoms with E-state index in [0.29, 0.717) is 55.4 Å². The number of para-hydroxylation sites is 1. The molecule has 1 aromatic heterocycles. The molecular formula is C13H18N4O3S. The van der Waals surface area contributed by atoms with Crippen molar-refractivity contribution in [1.82, 2.24) is 14.2 Å². The zero-order valence-electron chi connectivity index (χ0n) is 11.8. The van der Waals surface area contributed by atoms with Crippen molar-refractivity contribution in [2.24, 2.45) is 0 Å². The number of anilines is 1. The standard InChI is InChI=1S/C13H18N4O3S/c1-21(18,19)17-7-5-16(6-8-17)9-12-15-13-10(14)3-2-4-11(13)20-12/h2-4H,5-9,14H2,1H3. The summed E-state index contributed by atoms with van der Waals surface area (Å²) < 4.78 is 30.1. The Morgan fingerprint density at radius 2 is 2.00 bits per heavy atom. The summed E-state index contributed by atoms with van der Waals surface area (Å²) in [5.74, 6) is 0.607. The van der Waals surface area contributed by atoms with Crippen molar-refractivity contribution in [3.8, 4) is 0 Å². The van der Waals surface area contributed by atoms with Crippen LogP contribution in [0.15, 0.2) is 22.6 Å². The Labute approximate surface area is 123 Å². The Hall–Kier alpha value is -1.64. The van der Waals surface area contributed by atoms with Crippen LogP contribution in [0.5, 0.6) is 0 Å². The third-order valence-electron chi connectivity index (χ3n) is 3.65. The Morgan fingerprint density at radius 1 is 1.29 bits per heavy atom. The Morgan fingerprint density at radius 3 is 2.62 bits per heavy atom. The summed E-state index contributed by atoms with van der Waals surface area (Å²) in [5, 5.41) is 0. The van der Waals surface area contributed by atoms with Crippen molar-refractivity contribution in [2.45, 2.75) is 6.54 Å². The van der Waals surface area contributed by atoms with Gasteiger partial charge >= 0.3 is 0 Å². The van der Waals surface area contributed by atoms with Crippen LogP contribution in [0.25, 0.3) is 11.1 Å². The molecule has 0 aliphatic carbocycles. The second kappa shape index (κ2) is 5.28. The molecule has 0 bridgehead atoms. The van der Waals surface area contributed by atoms with Crippen molar-refractivity contribution in [1.29, 1.82) is 0 Å². The third-order valence-corrected chi connectivity index (χ3v) is 4.96. The predicted molar refractivity (Wildman–Crippen MR) is 80.1 cm³/mol. The number of rotatable bonds is 3. The largest absolute Gasteiger partial charge is 0.439 e. The molecule has 1 aliphatic heterocycles. The highest BCUT2D eigenvalue weighted by Crippen LogP contribution is 2.22. The highest BCUT2D eigenvalue weighted by atomic mass is 32.2. The van der Waals surface area contributed by atoms with Crippen LogP contribution >= 0.6 is 0 Å². The minimum absolute atomic E-state index is 0.501. The molecule has 0 atom stereocenters. The Balaban J connectivity index is 1.68. The molecule has 8 heteroatoms. The second-order valence-corrected chi connectivity index (χ2v) is 7.22. The molecule has 0 radical (unpaired) electrons. The molecule has 1 aromatic carbocycles. The molecule has 1 saturated heterocycles. The van der Waals surface area contributed by atoms with Crippen molar-refractivity contribution in [2.75, 3.05) is 38.2 Å². The van der Waals surface area contributed by atoms with Crippen LogP contribution in [-0.2, 0) is 16.6 Å². The van der Waals surface area contributed by atoms with Gasteiger partial charge in [-0.1, -0.05) is 6.07 Å². The number of aromatic nitrogens is 1. The first kappa shape index (κ1) is 14.3. The predicted octanol–water partition coefficient (Wildman–Crippen LogP) is 0.487. The molecule has 21 heavy (non-hydrogen) atoms. The fourth-order valence-electron chi connectivity index (χ4n) is 2.49. The van der Waals surface area contributed by atoms with Gasteiger partial charge in [0.2, 0.25) is 15.9 Å². The lowest BCUT2D eigenvalue weighted by Crippen LogP contribution is -2.47. The first-order chi connectivity index (χ1) is 9.93. The normalized spacial score (nSPS) is 18.3. The summed E-state index contributed by atoms with van der Waals surface area (Å²) >= 11 is 0. The summed E-state index contributed by atoms with van der Waals surface area (Å²) in [7, 11) is -3.10. The molecular weight excluding hydrogens is 292 g/mol. The number of piperazine rings is 1. The van der Waals surface area contributed by atoms with E-state index in [4.69, 9.17) is 10.2 Å². The lowest BCUT2D eigenvalue weighted by atomic mass is 10.3. The van der Waals surface area contributed by atoms with Crippen LogP contribution in [0.3, 0.4) is 0 Å². The highest BCUT2D eigenvalue weighted by Gasteiger charge is 2.24. The van der Waals surface area contributed by atoms with Crippen molar-refractivity contribution in [3.05, 3.63) is 24.1 Å². The van der Waals surface area contributed by atoms with E-state index in [0.717, 1.165) is 0 Å². The van der Waals surface area contributed by atoms with Gasteiger partial charge in [-0.3, -0.25) is 4.90 Å². The molecule has 1 aliphatic rings. The number of nitrogens with two attached hydrogens (primary N) is 1. The van der Waals surface area contributed by atoms with Gasteiger partial charge in [0.05, 0.1) is 18.5 Å². The number of hydrogen-bond donors (Lipinski definition) is 1. The van der Waals surface area contributed by atoms with Gasteiger partial charge in [0.25, 0.3) is 0 Å². The van der Waals surface area contributed by atoms with E-state index >= 15 is 0 Å². The first-order valence-electron chi connectivity index (χ1n) is 6.75. The minimum atomic E-state index is -3.10. The average molecular weight is 310 g/mol. The lowest BCUT2D eigenvalue weighted by molar-refractivity contribution is 0.170. The van der Waals surface area contributed by atoms with Crippen LogP contribution in [0.2, 0.25) is 0 Å². The number of sulfonamides is 1. The van der Waals surface area contributed by atoms with Crippen LogP contribution in [-0.4, -0.2) is 55.0 Å². The molecule has 2 N–H and O–H groups in total. The minimum Gasteiger partial charge on any atom is -0.439 e. The third kappa shape index (κ3) is 3.02. The van der Waals surface area contributed by atoms with Crippen molar-refractivity contribution < 1.29 is 12.8 Å². The van der Waals surface area contributed by atoms with E-state index in [1.807, 2.05) is 12.1 Å². The first-order valence-corrected chi connectivity index (χ1v) is 8.60. The fraction of sp³-hybridized carbons (Fsp3) is 0.462. The molecule has 1 fully saturated rings. The summed E-state index contributed by atoms with van der Waals surface area (Å²) in [6.07, 6.45) is 1.24. The van der Waals surface area contributed by atoms with Gasteiger partial charge in [0, 0.05) is 26.2 Å². The monoisotopic (exact) mass is 310 g/mol. The van der Waals surface area contributed by atoms with Gasteiger partial charge in [0.1, 0.15) is 5.52 Å². The van der Waals surface area contributed by atoms with Gasteiger partial charge in [-0.05, 0) is 12.1 Å². The van der Waals surface area contributed by atoms with Crippen LogP contribution < -0.4 is 5.73 Å². The van der Waals surface area contributed by atoms with Gasteiger partial charge in [-0.15, -0.1) is 0 Å². The summed E-state index contributed by atoms with van der Waals surface area (Å²) in [5.41, 5.74) is 7.82. The van der Waals surface area contributed by atoms with E-state index < -0.39 is 10.0 Å².